The largest absolute Gasteiger partial charge is 0.456 e. The first-order valence-corrected chi connectivity index (χ1v) is 48.5. The van der Waals surface area contributed by atoms with E-state index in [9.17, 15) is 0 Å². The van der Waals surface area contributed by atoms with Gasteiger partial charge in [0, 0.05) is 120 Å². The monoisotopic (exact) mass is 1780 g/mol. The number of furan rings is 5. The molecule has 0 fully saturated rings. The van der Waals surface area contributed by atoms with E-state index < -0.39 is 0 Å². The van der Waals surface area contributed by atoms with E-state index in [1.165, 1.54) is 180 Å². The average molecular weight is 1790 g/mol. The van der Waals surface area contributed by atoms with Crippen LogP contribution >= 0.6 is 34.0 Å². The van der Waals surface area contributed by atoms with Crippen LogP contribution in [-0.4, -0.2) is 0 Å². The van der Waals surface area contributed by atoms with Crippen LogP contribution in [0.15, 0.2) is 459 Å². The minimum Gasteiger partial charge on any atom is -0.456 e. The van der Waals surface area contributed by atoms with Gasteiger partial charge >= 0.3 is 0 Å². The van der Waals surface area contributed by atoms with Gasteiger partial charge in [-0.05, 0) is 283 Å². The van der Waals surface area contributed by atoms with E-state index >= 15 is 0 Å². The van der Waals surface area contributed by atoms with Crippen molar-refractivity contribution in [3.05, 3.63) is 437 Å². The Morgan fingerprint density at radius 2 is 0.382 bits per heavy atom. The maximum Gasteiger partial charge on any atom is 0.143 e. The molecule has 0 bridgehead atoms. The minimum absolute atomic E-state index is 0.905. The molecule has 8 heteroatoms. The second kappa shape index (κ2) is 30.3. The normalized spacial score (nSPS) is 12.1. The van der Waals surface area contributed by atoms with Crippen molar-refractivity contribution in [2.45, 2.75) is 0 Å². The fourth-order valence-electron chi connectivity index (χ4n) is 21.9. The van der Waals surface area contributed by atoms with Crippen molar-refractivity contribution in [2.24, 2.45) is 0 Å². The van der Waals surface area contributed by atoms with E-state index in [1.54, 1.807) is 0 Å². The van der Waals surface area contributed by atoms with Crippen molar-refractivity contribution >= 4 is 290 Å². The number of rotatable bonds is 4. The molecular weight excluding hydrogens is 1710 g/mol. The maximum absolute atomic E-state index is 6.41. The Balaban J connectivity index is 0.0000000879. The summed E-state index contributed by atoms with van der Waals surface area (Å²) in [6, 6.07) is 157. The van der Waals surface area contributed by atoms with Gasteiger partial charge in [0.1, 0.15) is 55.8 Å². The van der Waals surface area contributed by atoms with Crippen LogP contribution in [-0.2, 0) is 0 Å². The third kappa shape index (κ3) is 12.2. The summed E-state index contributed by atoms with van der Waals surface area (Å²) < 4.78 is 39.2. The van der Waals surface area contributed by atoms with Crippen molar-refractivity contribution in [3.8, 4) is 44.5 Å². The smallest absolute Gasteiger partial charge is 0.143 e. The maximum atomic E-state index is 6.41. The molecule has 0 N–H and O–H groups in total. The van der Waals surface area contributed by atoms with E-state index in [4.69, 9.17) is 22.1 Å². The predicted molar refractivity (Wildman–Crippen MR) is 583 cm³/mol. The Bertz CT molecular complexity index is 9980. The summed E-state index contributed by atoms with van der Waals surface area (Å²) in [7, 11) is 0. The zero-order valence-corrected chi connectivity index (χ0v) is 75.3. The summed E-state index contributed by atoms with van der Waals surface area (Å²) >= 11 is 5.65. The van der Waals surface area contributed by atoms with Crippen molar-refractivity contribution in [3.63, 3.8) is 0 Å². The molecule has 136 heavy (non-hydrogen) atoms. The van der Waals surface area contributed by atoms with Gasteiger partial charge < -0.3 is 22.1 Å². The highest BCUT2D eigenvalue weighted by atomic mass is 32.1. The zero-order valence-electron chi connectivity index (χ0n) is 72.8. The summed E-state index contributed by atoms with van der Waals surface area (Å²) in [5.41, 5.74) is 18.9. The van der Waals surface area contributed by atoms with E-state index in [2.05, 4.69) is 376 Å². The van der Waals surface area contributed by atoms with Gasteiger partial charge in [-0.25, -0.2) is 0 Å². The zero-order chi connectivity index (χ0) is 88.9. The molecule has 5 nitrogen and oxygen atoms in total. The summed E-state index contributed by atoms with van der Waals surface area (Å²) in [6.45, 7) is 0. The predicted octanol–water partition coefficient (Wildman–Crippen LogP) is 39.2. The molecule has 0 aliphatic carbocycles. The number of hydrogen-bond donors (Lipinski definition) is 0. The van der Waals surface area contributed by atoms with Crippen LogP contribution in [0.5, 0.6) is 0 Å². The number of fused-ring (bicyclic) bond motifs is 36. The number of benzene rings is 24. The van der Waals surface area contributed by atoms with E-state index in [1.807, 2.05) is 94.7 Å². The highest BCUT2D eigenvalue weighted by Crippen LogP contribution is 2.51. The molecule has 0 aliphatic rings. The Morgan fingerprint density at radius 3 is 0.794 bits per heavy atom. The molecule has 0 saturated heterocycles. The Labute approximate surface area is 787 Å². The number of hydrogen-bond acceptors (Lipinski definition) is 8. The third-order valence-corrected chi connectivity index (χ3v) is 31.6. The molecule has 8 heterocycles. The molecular formula is C128H72O5S3. The van der Waals surface area contributed by atoms with E-state index in [-0.39, 0.29) is 0 Å². The molecule has 0 radical (unpaired) electrons. The molecule has 32 aromatic rings. The van der Waals surface area contributed by atoms with Gasteiger partial charge in [0.15, 0.2) is 0 Å². The van der Waals surface area contributed by atoms with Crippen LogP contribution in [0.3, 0.4) is 0 Å². The first kappa shape index (κ1) is 76.7. The molecule has 8 aromatic heterocycles. The van der Waals surface area contributed by atoms with Gasteiger partial charge in [-0.3, -0.25) is 0 Å². The summed E-state index contributed by atoms with van der Waals surface area (Å²) in [5.74, 6) is 0. The number of thiophene rings is 3. The standard InChI is InChI=1S/2C32H18O2.C32H18OS.C32H18S2/c1-2-9-20-19(8-1)16-25(24-13-7-12-23-21-10-3-6-15-30(21)34-32(23)24)27-18-31-28(17-26(20)27)22-11-4-5-14-29(22)33-31;1-2-8-21-19(7-1)15-24(20-13-14-31-27(16-20)22-9-3-5-11-29(22)33-31)26-18-32-28(17-25(21)26)23-10-4-6-12-30(23)34-32;1-2-8-21-19(7-1)15-24(20-13-14-30-27(16-20)22-9-3-5-11-29(22)33-30)26-18-32-28(17-25(21)26)23-10-4-6-12-31(23)34-32;1-2-8-21-19(7-1)15-24(20-13-14-31-27(16-20)22-9-3-5-11-29(22)33-31)26-18-32-28(17-25(21)26)23-10-4-6-12-30(23)34-32/h4*1-18H. The molecule has 0 amide bonds. The van der Waals surface area contributed by atoms with Crippen molar-refractivity contribution < 1.29 is 22.1 Å². The lowest BCUT2D eigenvalue weighted by atomic mass is 9.91. The van der Waals surface area contributed by atoms with Crippen LogP contribution in [0.1, 0.15) is 0 Å². The van der Waals surface area contributed by atoms with Crippen molar-refractivity contribution in [2.75, 3.05) is 0 Å². The second-order valence-corrected chi connectivity index (χ2v) is 39.0. The molecule has 32 rings (SSSR count). The van der Waals surface area contributed by atoms with Crippen molar-refractivity contribution in [1.82, 2.24) is 0 Å². The first-order chi connectivity index (χ1) is 67.3. The fraction of sp³-hybridized carbons (Fsp3) is 0. The van der Waals surface area contributed by atoms with Gasteiger partial charge in [-0.1, -0.05) is 279 Å². The summed E-state index contributed by atoms with van der Waals surface area (Å²) in [4.78, 5) is 0. The van der Waals surface area contributed by atoms with Gasteiger partial charge in [0.05, 0.1) is 0 Å². The van der Waals surface area contributed by atoms with Crippen LogP contribution in [0.2, 0.25) is 0 Å². The topological polar surface area (TPSA) is 65.7 Å². The Hall–Kier alpha value is -17.0. The fourth-order valence-corrected chi connectivity index (χ4v) is 25.2. The lowest BCUT2D eigenvalue weighted by Gasteiger charge is -2.12. The first-order valence-electron chi connectivity index (χ1n) is 46.1. The lowest BCUT2D eigenvalue weighted by molar-refractivity contribution is 0.668. The molecule has 0 unspecified atom stereocenters. The average Bonchev–Trinajstić information content (AvgIpc) is 1.48. The molecule has 632 valence electrons. The van der Waals surface area contributed by atoms with Crippen molar-refractivity contribution in [1.29, 1.82) is 0 Å². The third-order valence-electron chi connectivity index (χ3n) is 28.2. The molecule has 24 aromatic carbocycles. The molecule has 0 aliphatic heterocycles. The van der Waals surface area contributed by atoms with Crippen LogP contribution in [0, 0.1) is 0 Å². The SMILES string of the molecule is c1ccc2c(c1)cc(-c1ccc3oc4ccccc4c3c1)c1cc3oc4ccccc4c3cc12.c1ccc2c(c1)cc(-c1ccc3oc4ccccc4c3c1)c1cc3sc4ccccc4c3cc12.c1ccc2c(c1)cc(-c1ccc3sc4ccccc4c3c1)c1cc3sc4ccccc4c3cc12.c1ccc2c(c1)cc(-c1cccc3c1oc1ccccc13)c1cc3oc4ccccc4c3cc12. The van der Waals surface area contributed by atoms with Crippen LogP contribution in [0.4, 0.5) is 0 Å². The number of para-hydroxylation sites is 6. The van der Waals surface area contributed by atoms with Gasteiger partial charge in [-0.2, -0.15) is 0 Å². The highest BCUT2D eigenvalue weighted by Gasteiger charge is 2.24. The quantitative estimate of drug-likeness (QED) is 0.164. The molecule has 0 spiro atoms. The minimum atomic E-state index is 0.905. The van der Waals surface area contributed by atoms with E-state index in [0.717, 1.165) is 121 Å². The van der Waals surface area contributed by atoms with Crippen LogP contribution in [0.25, 0.3) is 301 Å². The Morgan fingerprint density at radius 1 is 0.118 bits per heavy atom. The van der Waals surface area contributed by atoms with E-state index in [0.29, 0.717) is 0 Å². The van der Waals surface area contributed by atoms with Crippen LogP contribution < -0.4 is 0 Å². The highest BCUT2D eigenvalue weighted by molar-refractivity contribution is 7.26. The van der Waals surface area contributed by atoms with Gasteiger partial charge in [0.25, 0.3) is 0 Å². The molecule has 0 saturated carbocycles. The Kier molecular flexibility index (Phi) is 17.1. The lowest BCUT2D eigenvalue weighted by Crippen LogP contribution is -1.86. The summed E-state index contributed by atoms with van der Waals surface area (Å²) in [5, 5.41) is 39.8. The second-order valence-electron chi connectivity index (χ2n) is 35.8. The summed E-state index contributed by atoms with van der Waals surface area (Å²) in [6.07, 6.45) is 0. The van der Waals surface area contributed by atoms with Gasteiger partial charge in [-0.15, -0.1) is 34.0 Å². The molecule has 0 atom stereocenters. The van der Waals surface area contributed by atoms with Gasteiger partial charge in [0.2, 0.25) is 0 Å².